The molecule has 0 fully saturated rings. The maximum absolute atomic E-state index is 11.1. The van der Waals surface area contributed by atoms with Gasteiger partial charge in [0.2, 0.25) is 5.78 Å². The Bertz CT molecular complexity index is 276. The number of hydrogen-bond donors (Lipinski definition) is 0. The molecule has 72 valence electrons. The zero-order valence-electron chi connectivity index (χ0n) is 7.62. The lowest BCUT2D eigenvalue weighted by molar-refractivity contribution is -0.129. The van der Waals surface area contributed by atoms with Crippen molar-refractivity contribution in [2.45, 2.75) is 19.4 Å². The normalized spacial score (nSPS) is 19.0. The van der Waals surface area contributed by atoms with Gasteiger partial charge in [0.15, 0.2) is 5.60 Å². The Labute approximate surface area is 75.3 Å². The van der Waals surface area contributed by atoms with E-state index in [2.05, 4.69) is 9.47 Å². The van der Waals surface area contributed by atoms with Gasteiger partial charge in [-0.15, -0.1) is 0 Å². The third kappa shape index (κ3) is 1.99. The van der Waals surface area contributed by atoms with E-state index in [1.807, 2.05) is 0 Å². The minimum atomic E-state index is -0.955. The third-order valence-electron chi connectivity index (χ3n) is 1.55. The molecule has 1 aliphatic rings. The van der Waals surface area contributed by atoms with E-state index in [4.69, 9.17) is 4.74 Å². The van der Waals surface area contributed by atoms with Crippen molar-refractivity contribution < 1.29 is 23.8 Å². The van der Waals surface area contributed by atoms with E-state index in [0.29, 0.717) is 0 Å². The molecule has 0 aromatic rings. The number of methoxy groups -OCH3 is 1. The first kappa shape index (κ1) is 9.57. The summed E-state index contributed by atoms with van der Waals surface area (Å²) in [5.41, 5.74) is -0.955. The molecule has 0 aromatic heterocycles. The molecular weight excluding hydrogens is 176 g/mol. The van der Waals surface area contributed by atoms with Crippen molar-refractivity contribution >= 4 is 11.9 Å². The van der Waals surface area contributed by atoms with Crippen LogP contribution in [0.1, 0.15) is 13.8 Å². The van der Waals surface area contributed by atoms with Crippen LogP contribution in [0.3, 0.4) is 0 Å². The minimum absolute atomic E-state index is 0.123. The van der Waals surface area contributed by atoms with Crippen LogP contribution in [0.2, 0.25) is 0 Å². The van der Waals surface area contributed by atoms with E-state index in [1.54, 1.807) is 13.8 Å². The van der Waals surface area contributed by atoms with E-state index in [0.717, 1.165) is 6.08 Å². The predicted molar refractivity (Wildman–Crippen MR) is 41.7 cm³/mol. The van der Waals surface area contributed by atoms with Crippen molar-refractivity contribution in [3.8, 4) is 0 Å². The number of ether oxygens (including phenoxy) is 3. The molecule has 0 aromatic carbocycles. The highest BCUT2D eigenvalue weighted by Crippen LogP contribution is 2.24. The summed E-state index contributed by atoms with van der Waals surface area (Å²) < 4.78 is 13.8. The van der Waals surface area contributed by atoms with Gasteiger partial charge in [-0.05, 0) is 13.8 Å². The number of ketones is 1. The van der Waals surface area contributed by atoms with Gasteiger partial charge in [-0.2, -0.15) is 0 Å². The van der Waals surface area contributed by atoms with E-state index >= 15 is 0 Å². The van der Waals surface area contributed by atoms with Gasteiger partial charge >= 0.3 is 6.16 Å². The lowest BCUT2D eigenvalue weighted by Gasteiger charge is -2.16. The molecule has 0 atom stereocenters. The number of carbonyl (C=O) groups is 2. The molecule has 5 nitrogen and oxygen atoms in total. The first-order valence-electron chi connectivity index (χ1n) is 3.66. The highest BCUT2D eigenvalue weighted by molar-refractivity contribution is 5.98. The second kappa shape index (κ2) is 3.08. The maximum atomic E-state index is 11.1. The molecule has 13 heavy (non-hydrogen) atoms. The van der Waals surface area contributed by atoms with Gasteiger partial charge in [-0.25, -0.2) is 4.79 Å². The summed E-state index contributed by atoms with van der Waals surface area (Å²) in [6.07, 6.45) is 0.216. The maximum Gasteiger partial charge on any atom is 0.516 e. The lowest BCUT2D eigenvalue weighted by Crippen LogP contribution is -2.28. The van der Waals surface area contributed by atoms with E-state index in [1.165, 1.54) is 7.11 Å². The fourth-order valence-corrected chi connectivity index (χ4v) is 0.786. The minimum Gasteiger partial charge on any atom is -0.451 e. The van der Waals surface area contributed by atoms with Crippen LogP contribution in [0.5, 0.6) is 0 Å². The molecule has 0 bridgehead atoms. The molecular formula is C8H10O5. The average molecular weight is 186 g/mol. The zero-order chi connectivity index (χ0) is 10.1. The van der Waals surface area contributed by atoms with E-state index in [9.17, 15) is 9.59 Å². The molecule has 0 N–H and O–H groups in total. The molecule has 0 unspecified atom stereocenters. The smallest absolute Gasteiger partial charge is 0.451 e. The number of carbonyl (C=O) groups excluding carboxylic acids is 2. The van der Waals surface area contributed by atoms with Gasteiger partial charge in [0, 0.05) is 0 Å². The standard InChI is InChI=1S/C8H10O5/c1-8(2)5(9)4-6(13-8)12-7(10)11-3/h4H,1-3H3. The first-order chi connectivity index (χ1) is 5.95. The first-order valence-corrected chi connectivity index (χ1v) is 3.66. The molecule has 0 radical (unpaired) electrons. The number of hydrogen-bond acceptors (Lipinski definition) is 5. The van der Waals surface area contributed by atoms with Crippen LogP contribution in [0.25, 0.3) is 0 Å². The third-order valence-corrected chi connectivity index (χ3v) is 1.55. The largest absolute Gasteiger partial charge is 0.516 e. The van der Waals surface area contributed by atoms with Crippen LogP contribution < -0.4 is 0 Å². The van der Waals surface area contributed by atoms with Gasteiger partial charge in [0.1, 0.15) is 0 Å². The van der Waals surface area contributed by atoms with E-state index in [-0.39, 0.29) is 11.7 Å². The predicted octanol–water partition coefficient (Wildman–Crippen LogP) is 0.989. The number of rotatable bonds is 1. The van der Waals surface area contributed by atoms with Gasteiger partial charge < -0.3 is 14.2 Å². The molecule has 1 aliphatic heterocycles. The Morgan fingerprint density at radius 1 is 1.54 bits per heavy atom. The fraction of sp³-hybridized carbons (Fsp3) is 0.500. The van der Waals surface area contributed by atoms with Gasteiger partial charge in [0.05, 0.1) is 13.2 Å². The zero-order valence-corrected chi connectivity index (χ0v) is 7.62. The van der Waals surface area contributed by atoms with Crippen molar-refractivity contribution in [1.29, 1.82) is 0 Å². The Hall–Kier alpha value is -1.52. The molecule has 0 saturated carbocycles. The SMILES string of the molecule is COC(=O)OC1=CC(=O)C(C)(C)O1. The van der Waals surface area contributed by atoms with Crippen LogP contribution in [0, 0.1) is 0 Å². The molecule has 0 spiro atoms. The molecule has 5 heteroatoms. The van der Waals surface area contributed by atoms with Crippen LogP contribution in [0.15, 0.2) is 12.0 Å². The summed E-state index contributed by atoms with van der Waals surface area (Å²) in [5.74, 6) is -0.367. The Kier molecular flexibility index (Phi) is 2.27. The molecule has 0 amide bonds. The van der Waals surface area contributed by atoms with Crippen molar-refractivity contribution in [3.63, 3.8) is 0 Å². The van der Waals surface area contributed by atoms with Crippen LogP contribution in [-0.2, 0) is 19.0 Å². The Morgan fingerprint density at radius 3 is 2.54 bits per heavy atom. The summed E-state index contributed by atoms with van der Waals surface area (Å²) in [6.45, 7) is 3.17. The molecule has 0 saturated heterocycles. The van der Waals surface area contributed by atoms with Crippen molar-refractivity contribution in [1.82, 2.24) is 0 Å². The average Bonchev–Trinajstić information content (AvgIpc) is 2.25. The second-order valence-corrected chi connectivity index (χ2v) is 3.00. The summed E-state index contributed by atoms with van der Waals surface area (Å²) in [7, 11) is 1.17. The highest BCUT2D eigenvalue weighted by atomic mass is 16.8. The van der Waals surface area contributed by atoms with Crippen molar-refractivity contribution in [2.75, 3.05) is 7.11 Å². The Morgan fingerprint density at radius 2 is 2.15 bits per heavy atom. The molecule has 1 heterocycles. The van der Waals surface area contributed by atoms with Crippen LogP contribution >= 0.6 is 0 Å². The van der Waals surface area contributed by atoms with Crippen LogP contribution in [-0.4, -0.2) is 24.6 Å². The quantitative estimate of drug-likeness (QED) is 0.571. The fourth-order valence-electron chi connectivity index (χ4n) is 0.786. The van der Waals surface area contributed by atoms with Crippen LogP contribution in [0.4, 0.5) is 4.79 Å². The molecule has 0 aliphatic carbocycles. The summed E-state index contributed by atoms with van der Waals surface area (Å²) in [5, 5.41) is 0. The summed E-state index contributed by atoms with van der Waals surface area (Å²) in [4.78, 5) is 21.8. The van der Waals surface area contributed by atoms with Crippen molar-refractivity contribution in [2.24, 2.45) is 0 Å². The summed E-state index contributed by atoms with van der Waals surface area (Å²) in [6, 6.07) is 0. The van der Waals surface area contributed by atoms with Crippen molar-refractivity contribution in [3.05, 3.63) is 12.0 Å². The second-order valence-electron chi connectivity index (χ2n) is 3.00. The van der Waals surface area contributed by atoms with Gasteiger partial charge in [-0.3, -0.25) is 4.79 Å². The summed E-state index contributed by atoms with van der Waals surface area (Å²) >= 11 is 0. The highest BCUT2D eigenvalue weighted by Gasteiger charge is 2.37. The molecule has 1 rings (SSSR count). The lowest BCUT2D eigenvalue weighted by atomic mass is 10.1. The van der Waals surface area contributed by atoms with Gasteiger partial charge in [-0.1, -0.05) is 0 Å². The van der Waals surface area contributed by atoms with Gasteiger partial charge in [0.25, 0.3) is 5.95 Å². The topological polar surface area (TPSA) is 61.8 Å². The monoisotopic (exact) mass is 186 g/mol. The Balaban J connectivity index is 2.62. The van der Waals surface area contributed by atoms with E-state index < -0.39 is 11.8 Å².